The van der Waals surface area contributed by atoms with E-state index >= 15 is 4.39 Å². The van der Waals surface area contributed by atoms with Crippen LogP contribution in [0.4, 0.5) is 26.3 Å². The van der Waals surface area contributed by atoms with Gasteiger partial charge in [-0.2, -0.15) is 18.3 Å². The fourth-order valence-electron chi connectivity index (χ4n) is 7.45. The first-order valence-electron chi connectivity index (χ1n) is 15.1. The number of aromatic amines is 1. The Bertz CT molecular complexity index is 1930. The van der Waals surface area contributed by atoms with Gasteiger partial charge in [-0.15, -0.1) is 8.78 Å². The molecule has 5 aliphatic rings. The van der Waals surface area contributed by atoms with Gasteiger partial charge < -0.3 is 18.9 Å². The number of hydrogen-bond acceptors (Lipinski definition) is 8. The van der Waals surface area contributed by atoms with Gasteiger partial charge in [-0.25, -0.2) is 13.9 Å². The van der Waals surface area contributed by atoms with Crippen LogP contribution in [0, 0.1) is 11.7 Å². The number of ether oxygens (including phenoxy) is 4. The summed E-state index contributed by atoms with van der Waals surface area (Å²) in [6, 6.07) is 7.62. The molecular formula is C31H26F6N4O6. The summed E-state index contributed by atoms with van der Waals surface area (Å²) >= 11 is 0. The molecule has 0 saturated heterocycles. The predicted octanol–water partition coefficient (Wildman–Crippen LogP) is 6.90. The molecule has 47 heavy (non-hydrogen) atoms. The minimum absolute atomic E-state index is 0.0220. The maximum atomic E-state index is 15.1. The number of nitrogens with one attached hydrogen (secondary N) is 1. The lowest BCUT2D eigenvalue weighted by molar-refractivity contribution is -0.286. The van der Waals surface area contributed by atoms with E-state index in [1.807, 2.05) is 0 Å². The van der Waals surface area contributed by atoms with Crippen LogP contribution in [-0.4, -0.2) is 31.8 Å². The van der Waals surface area contributed by atoms with E-state index in [9.17, 15) is 26.7 Å². The lowest BCUT2D eigenvalue weighted by Crippen LogP contribution is -2.40. The van der Waals surface area contributed by atoms with E-state index in [1.54, 1.807) is 6.92 Å². The van der Waals surface area contributed by atoms with Crippen LogP contribution in [0.5, 0.6) is 17.2 Å². The normalized spacial score (nSPS) is 26.1. The molecule has 2 aromatic carbocycles. The number of halogens is 6. The summed E-state index contributed by atoms with van der Waals surface area (Å²) in [4.78, 5) is 14.1. The maximum Gasteiger partial charge on any atom is 0.586 e. The number of aromatic nitrogens is 4. The summed E-state index contributed by atoms with van der Waals surface area (Å²) in [6.07, 6.45) is -7.33. The standard InChI is InChI=1S/C31H26F6N4O6/c1-14(15-5-8-21-24(9-15)46-31(36,37)45-21)43-23-10-17(6-7-20(23)32)41-25-18(26(39-41)30(33,34)35)3-2-4-22(25)44-29-11-16(12-29)19(13-29)27-38-28(42)47-40-27/h5-10,14,16,19,22H,2-4,11-13H2,1H3,(H,38,40,42)/t14-,16?,19?,22-,29?/m0/s1. The first kappa shape index (κ1) is 29.9. The third-order valence-electron chi connectivity index (χ3n) is 9.48. The molecule has 4 aliphatic carbocycles. The second-order valence-electron chi connectivity index (χ2n) is 12.5. The van der Waals surface area contributed by atoms with Crippen molar-refractivity contribution in [2.24, 2.45) is 5.92 Å². The van der Waals surface area contributed by atoms with Crippen molar-refractivity contribution in [3.63, 3.8) is 0 Å². The molecule has 4 aromatic rings. The quantitative estimate of drug-likeness (QED) is 0.213. The van der Waals surface area contributed by atoms with Crippen LogP contribution >= 0.6 is 0 Å². The van der Waals surface area contributed by atoms with Crippen LogP contribution < -0.4 is 20.0 Å². The van der Waals surface area contributed by atoms with Gasteiger partial charge in [0.15, 0.2) is 34.6 Å². The average molecular weight is 665 g/mol. The molecule has 3 atom stereocenters. The fraction of sp³-hybridized carbons (Fsp3) is 0.452. The van der Waals surface area contributed by atoms with Crippen molar-refractivity contribution in [1.29, 1.82) is 0 Å². The van der Waals surface area contributed by atoms with Crippen LogP contribution in [0.25, 0.3) is 5.69 Å². The number of nitrogens with zero attached hydrogens (tertiary/aromatic N) is 3. The van der Waals surface area contributed by atoms with Gasteiger partial charge in [-0.3, -0.25) is 9.51 Å². The van der Waals surface area contributed by atoms with E-state index in [-0.39, 0.29) is 52.4 Å². The Kier molecular flexibility index (Phi) is 6.53. The highest BCUT2D eigenvalue weighted by molar-refractivity contribution is 5.47. The molecule has 0 spiro atoms. The molecule has 248 valence electrons. The Balaban J connectivity index is 1.10. The third-order valence-corrected chi connectivity index (χ3v) is 9.48. The number of H-pyrrole nitrogens is 1. The average Bonchev–Trinajstić information content (AvgIpc) is 3.79. The van der Waals surface area contributed by atoms with Crippen LogP contribution in [0.2, 0.25) is 0 Å². The van der Waals surface area contributed by atoms with Gasteiger partial charge in [0, 0.05) is 17.5 Å². The van der Waals surface area contributed by atoms with Crippen molar-refractivity contribution in [2.75, 3.05) is 0 Å². The molecule has 3 heterocycles. The SMILES string of the molecule is C[C@H](Oc1cc(-n2nc(C(F)(F)F)c3c2[C@@H](OC24CC(C2)C(c2noc(=O)[nH]2)C4)CCC3)ccc1F)c1ccc2c(c1)OC(F)(F)O2. The molecule has 1 N–H and O–H groups in total. The molecule has 2 bridgehead atoms. The van der Waals surface area contributed by atoms with E-state index in [0.717, 1.165) is 10.7 Å². The monoisotopic (exact) mass is 664 g/mol. The molecule has 1 aliphatic heterocycles. The van der Waals surface area contributed by atoms with Crippen LogP contribution in [0.1, 0.15) is 85.5 Å². The van der Waals surface area contributed by atoms with E-state index in [2.05, 4.69) is 29.2 Å². The van der Waals surface area contributed by atoms with Gasteiger partial charge in [0.1, 0.15) is 12.2 Å². The molecule has 16 heteroatoms. The predicted molar refractivity (Wildman–Crippen MR) is 147 cm³/mol. The maximum absolute atomic E-state index is 15.1. The highest BCUT2D eigenvalue weighted by atomic mass is 19.4. The number of rotatable bonds is 7. The lowest BCUT2D eigenvalue weighted by atomic mass is 9.78. The summed E-state index contributed by atoms with van der Waals surface area (Å²) in [5.74, 6) is -1.59. The summed E-state index contributed by atoms with van der Waals surface area (Å²) in [7, 11) is 0. The summed E-state index contributed by atoms with van der Waals surface area (Å²) < 4.78 is 112. The van der Waals surface area contributed by atoms with Crippen LogP contribution in [-0.2, 0) is 17.3 Å². The topological polar surface area (TPSA) is 114 Å². The number of hydrogen-bond donors (Lipinski definition) is 1. The van der Waals surface area contributed by atoms with Gasteiger partial charge >= 0.3 is 18.2 Å². The minimum Gasteiger partial charge on any atom is -0.483 e. The van der Waals surface area contributed by atoms with Crippen molar-refractivity contribution < 1.29 is 49.8 Å². The number of alkyl halides is 5. The van der Waals surface area contributed by atoms with Crippen LogP contribution in [0.15, 0.2) is 45.7 Å². The summed E-state index contributed by atoms with van der Waals surface area (Å²) in [5.41, 5.74) is -0.905. The van der Waals surface area contributed by atoms with Gasteiger partial charge in [0.2, 0.25) is 0 Å². The first-order chi connectivity index (χ1) is 22.3. The fourth-order valence-corrected chi connectivity index (χ4v) is 7.45. The molecule has 3 saturated carbocycles. The zero-order valence-electron chi connectivity index (χ0n) is 24.6. The molecule has 0 amide bonds. The Hall–Kier alpha value is -4.47. The summed E-state index contributed by atoms with van der Waals surface area (Å²) in [5, 5.41) is 7.82. The second-order valence-corrected chi connectivity index (χ2v) is 12.5. The Morgan fingerprint density at radius 1 is 1.09 bits per heavy atom. The van der Waals surface area contributed by atoms with Gasteiger partial charge in [-0.05, 0) is 81.2 Å². The summed E-state index contributed by atoms with van der Waals surface area (Å²) in [6.45, 7) is 1.55. The van der Waals surface area contributed by atoms with E-state index in [1.165, 1.54) is 30.3 Å². The molecule has 1 unspecified atom stereocenters. The van der Waals surface area contributed by atoms with E-state index in [0.29, 0.717) is 43.5 Å². The van der Waals surface area contributed by atoms with Crippen molar-refractivity contribution in [1.82, 2.24) is 19.9 Å². The molecular weight excluding hydrogens is 638 g/mol. The lowest BCUT2D eigenvalue weighted by Gasteiger charge is -2.42. The largest absolute Gasteiger partial charge is 0.586 e. The van der Waals surface area contributed by atoms with Crippen molar-refractivity contribution >= 4 is 0 Å². The zero-order valence-corrected chi connectivity index (χ0v) is 24.6. The van der Waals surface area contributed by atoms with E-state index < -0.39 is 47.5 Å². The smallest absolute Gasteiger partial charge is 0.483 e. The molecule has 10 nitrogen and oxygen atoms in total. The molecule has 2 aromatic heterocycles. The van der Waals surface area contributed by atoms with Gasteiger partial charge in [0.05, 0.1) is 17.0 Å². The van der Waals surface area contributed by atoms with Crippen molar-refractivity contribution in [3.8, 4) is 22.9 Å². The van der Waals surface area contributed by atoms with Gasteiger partial charge in [0.25, 0.3) is 0 Å². The Labute approximate surface area is 261 Å². The number of benzene rings is 2. The Morgan fingerprint density at radius 3 is 2.62 bits per heavy atom. The Morgan fingerprint density at radius 2 is 1.87 bits per heavy atom. The van der Waals surface area contributed by atoms with Crippen molar-refractivity contribution in [2.45, 2.75) is 81.6 Å². The van der Waals surface area contributed by atoms with E-state index in [4.69, 9.17) is 9.47 Å². The third kappa shape index (κ3) is 5.12. The van der Waals surface area contributed by atoms with Gasteiger partial charge in [-0.1, -0.05) is 11.2 Å². The minimum atomic E-state index is -4.75. The highest BCUT2D eigenvalue weighted by Gasteiger charge is 2.60. The second kappa shape index (κ2) is 10.3. The molecule has 9 rings (SSSR count). The highest BCUT2D eigenvalue weighted by Crippen LogP contribution is 2.62. The van der Waals surface area contributed by atoms with Crippen LogP contribution in [0.3, 0.4) is 0 Å². The zero-order chi connectivity index (χ0) is 32.9. The molecule has 3 fully saturated rings. The molecule has 0 radical (unpaired) electrons. The number of fused-ring (bicyclic) bond motifs is 3. The first-order valence-corrected chi connectivity index (χ1v) is 15.1. The van der Waals surface area contributed by atoms with Crippen molar-refractivity contribution in [3.05, 3.63) is 81.1 Å².